The third-order valence-electron chi connectivity index (χ3n) is 4.18. The molecule has 1 N–H and O–H groups in total. The molecule has 2 rings (SSSR count). The minimum atomic E-state index is -0.124. The van der Waals surface area contributed by atoms with Crippen molar-refractivity contribution in [2.75, 3.05) is 26.2 Å². The molecule has 0 aromatic heterocycles. The Kier molecular flexibility index (Phi) is 5.26. The van der Waals surface area contributed by atoms with E-state index in [1.165, 1.54) is 32.1 Å². The maximum Gasteiger partial charge on any atom is 0.0695 e. The fourth-order valence-corrected chi connectivity index (χ4v) is 3.18. The minimum absolute atomic E-state index is 0.124. The van der Waals surface area contributed by atoms with Gasteiger partial charge >= 0.3 is 0 Å². The Morgan fingerprint density at radius 3 is 2.76 bits per heavy atom. The van der Waals surface area contributed by atoms with E-state index in [0.29, 0.717) is 12.0 Å². The average molecular weight is 241 g/mol. The van der Waals surface area contributed by atoms with Crippen molar-refractivity contribution < 1.29 is 9.84 Å². The first kappa shape index (κ1) is 13.3. The first-order valence-electron chi connectivity index (χ1n) is 7.27. The van der Waals surface area contributed by atoms with Crippen LogP contribution < -0.4 is 0 Å². The number of hydrogen-bond donors (Lipinski definition) is 1. The first-order valence-corrected chi connectivity index (χ1v) is 7.27. The van der Waals surface area contributed by atoms with Gasteiger partial charge in [0.15, 0.2) is 0 Å². The molecule has 1 saturated heterocycles. The highest BCUT2D eigenvalue weighted by atomic mass is 16.5. The van der Waals surface area contributed by atoms with Gasteiger partial charge in [-0.1, -0.05) is 19.3 Å². The molecule has 0 bridgehead atoms. The molecular formula is C14H27NO2. The van der Waals surface area contributed by atoms with Gasteiger partial charge in [0.05, 0.1) is 12.2 Å². The van der Waals surface area contributed by atoms with E-state index in [4.69, 9.17) is 4.74 Å². The van der Waals surface area contributed by atoms with Gasteiger partial charge in [0.25, 0.3) is 0 Å². The average Bonchev–Trinajstić information content (AvgIpc) is 2.55. The van der Waals surface area contributed by atoms with Gasteiger partial charge in [-0.25, -0.2) is 0 Å². The van der Waals surface area contributed by atoms with E-state index in [-0.39, 0.29) is 6.10 Å². The first-order chi connectivity index (χ1) is 8.25. The lowest BCUT2D eigenvalue weighted by Gasteiger charge is -2.31. The fraction of sp³-hybridized carbons (Fsp3) is 1.00. The molecule has 2 atom stereocenters. The largest absolute Gasteiger partial charge is 0.392 e. The van der Waals surface area contributed by atoms with Crippen LogP contribution in [0.1, 0.15) is 45.4 Å². The molecule has 2 aliphatic rings. The highest BCUT2D eigenvalue weighted by Crippen LogP contribution is 2.27. The lowest BCUT2D eigenvalue weighted by atomic mass is 9.85. The second kappa shape index (κ2) is 6.72. The van der Waals surface area contributed by atoms with E-state index in [9.17, 15) is 5.11 Å². The van der Waals surface area contributed by atoms with Crippen LogP contribution in [-0.2, 0) is 4.74 Å². The van der Waals surface area contributed by atoms with Gasteiger partial charge in [-0.05, 0) is 32.1 Å². The number of ether oxygens (including phenoxy) is 1. The molecule has 0 radical (unpaired) electrons. The third-order valence-corrected chi connectivity index (χ3v) is 4.18. The standard InChI is InChI=1S/C14H27NO2/c1-12-10-15(8-5-9-17-12)11-14(16)13-6-3-2-4-7-13/h12-14,16H,2-11H2,1H3. The van der Waals surface area contributed by atoms with Crippen LogP contribution in [0.25, 0.3) is 0 Å². The molecule has 1 aliphatic carbocycles. The molecule has 17 heavy (non-hydrogen) atoms. The summed E-state index contributed by atoms with van der Waals surface area (Å²) in [5, 5.41) is 10.3. The summed E-state index contributed by atoms with van der Waals surface area (Å²) < 4.78 is 5.64. The number of nitrogens with zero attached hydrogens (tertiary/aromatic N) is 1. The van der Waals surface area contributed by atoms with E-state index in [2.05, 4.69) is 11.8 Å². The van der Waals surface area contributed by atoms with E-state index in [1.54, 1.807) is 0 Å². The number of hydrogen-bond acceptors (Lipinski definition) is 3. The van der Waals surface area contributed by atoms with Gasteiger partial charge in [0.1, 0.15) is 0 Å². The molecule has 2 fully saturated rings. The maximum atomic E-state index is 10.3. The molecule has 0 spiro atoms. The topological polar surface area (TPSA) is 32.7 Å². The van der Waals surface area contributed by atoms with Gasteiger partial charge in [-0.15, -0.1) is 0 Å². The van der Waals surface area contributed by atoms with Crippen LogP contribution in [0.15, 0.2) is 0 Å². The zero-order chi connectivity index (χ0) is 12.1. The van der Waals surface area contributed by atoms with Crippen LogP contribution >= 0.6 is 0 Å². The Morgan fingerprint density at radius 2 is 2.00 bits per heavy atom. The monoisotopic (exact) mass is 241 g/mol. The molecular weight excluding hydrogens is 214 g/mol. The number of rotatable bonds is 3. The molecule has 0 aromatic carbocycles. The molecule has 0 amide bonds. The normalized spacial score (nSPS) is 31.1. The summed E-state index contributed by atoms with van der Waals surface area (Å²) in [5.41, 5.74) is 0. The number of aliphatic hydroxyl groups excluding tert-OH is 1. The van der Waals surface area contributed by atoms with Crippen molar-refractivity contribution in [1.29, 1.82) is 0 Å². The van der Waals surface area contributed by atoms with Crippen LogP contribution in [0.5, 0.6) is 0 Å². The Hall–Kier alpha value is -0.120. The van der Waals surface area contributed by atoms with Crippen molar-refractivity contribution in [2.45, 2.75) is 57.7 Å². The van der Waals surface area contributed by atoms with Crippen molar-refractivity contribution in [1.82, 2.24) is 4.90 Å². The Labute approximate surface area is 105 Å². The van der Waals surface area contributed by atoms with E-state index >= 15 is 0 Å². The zero-order valence-electron chi connectivity index (χ0n) is 11.1. The molecule has 100 valence electrons. The Balaban J connectivity index is 1.77. The van der Waals surface area contributed by atoms with Crippen LogP contribution in [0, 0.1) is 5.92 Å². The lowest BCUT2D eigenvalue weighted by molar-refractivity contribution is 0.0318. The molecule has 2 unspecified atom stereocenters. The molecule has 0 aromatic rings. The summed E-state index contributed by atoms with van der Waals surface area (Å²) in [5.74, 6) is 0.545. The summed E-state index contributed by atoms with van der Waals surface area (Å²) in [6.07, 6.45) is 7.71. The summed E-state index contributed by atoms with van der Waals surface area (Å²) in [6, 6.07) is 0. The molecule has 1 aliphatic heterocycles. The highest BCUT2D eigenvalue weighted by molar-refractivity contribution is 4.77. The summed E-state index contributed by atoms with van der Waals surface area (Å²) >= 11 is 0. The second-order valence-electron chi connectivity index (χ2n) is 5.76. The number of β-amino-alcohol motifs (C(OH)–C–C–N with tert-alkyl or cyclic N) is 1. The van der Waals surface area contributed by atoms with Crippen molar-refractivity contribution in [2.24, 2.45) is 5.92 Å². The maximum absolute atomic E-state index is 10.3. The zero-order valence-corrected chi connectivity index (χ0v) is 11.1. The van der Waals surface area contributed by atoms with Gasteiger partial charge < -0.3 is 9.84 Å². The predicted octanol–water partition coefficient (Wildman–Crippen LogP) is 2.04. The number of aliphatic hydroxyl groups is 1. The third kappa shape index (κ3) is 4.23. The molecule has 3 heteroatoms. The second-order valence-corrected chi connectivity index (χ2v) is 5.76. The van der Waals surface area contributed by atoms with Crippen LogP contribution in [0.4, 0.5) is 0 Å². The van der Waals surface area contributed by atoms with Crippen LogP contribution in [0.2, 0.25) is 0 Å². The van der Waals surface area contributed by atoms with Crippen molar-refractivity contribution in [3.05, 3.63) is 0 Å². The van der Waals surface area contributed by atoms with E-state index < -0.39 is 0 Å². The van der Waals surface area contributed by atoms with Crippen molar-refractivity contribution in [3.8, 4) is 0 Å². The fourth-order valence-electron chi connectivity index (χ4n) is 3.18. The highest BCUT2D eigenvalue weighted by Gasteiger charge is 2.25. The van der Waals surface area contributed by atoms with Gasteiger partial charge in [-0.2, -0.15) is 0 Å². The predicted molar refractivity (Wildman–Crippen MR) is 69.1 cm³/mol. The molecule has 1 saturated carbocycles. The van der Waals surface area contributed by atoms with Crippen molar-refractivity contribution in [3.63, 3.8) is 0 Å². The molecule has 1 heterocycles. The van der Waals surface area contributed by atoms with Crippen LogP contribution in [0.3, 0.4) is 0 Å². The Bertz CT molecular complexity index is 216. The van der Waals surface area contributed by atoms with Crippen molar-refractivity contribution >= 4 is 0 Å². The van der Waals surface area contributed by atoms with Gasteiger partial charge in [0.2, 0.25) is 0 Å². The van der Waals surface area contributed by atoms with Gasteiger partial charge in [0, 0.05) is 26.2 Å². The Morgan fingerprint density at radius 1 is 1.24 bits per heavy atom. The van der Waals surface area contributed by atoms with E-state index in [0.717, 1.165) is 32.7 Å². The van der Waals surface area contributed by atoms with E-state index in [1.807, 2.05) is 0 Å². The minimum Gasteiger partial charge on any atom is -0.392 e. The van der Waals surface area contributed by atoms with Gasteiger partial charge in [-0.3, -0.25) is 4.90 Å². The lowest BCUT2D eigenvalue weighted by Crippen LogP contribution is -2.40. The summed E-state index contributed by atoms with van der Waals surface area (Å²) in [4.78, 5) is 2.39. The van der Waals surface area contributed by atoms with Crippen LogP contribution in [-0.4, -0.2) is 48.5 Å². The SMILES string of the molecule is CC1CN(CC(O)C2CCCCC2)CCCO1. The summed E-state index contributed by atoms with van der Waals surface area (Å²) in [6.45, 7) is 5.90. The quantitative estimate of drug-likeness (QED) is 0.821. The smallest absolute Gasteiger partial charge is 0.0695 e. The summed E-state index contributed by atoms with van der Waals surface area (Å²) in [7, 11) is 0. The molecule has 3 nitrogen and oxygen atoms in total.